The molecular formula is C24H29N3O6. The summed E-state index contributed by atoms with van der Waals surface area (Å²) < 4.78 is 10.5. The number of unbranched alkanes of at least 4 members (excludes halogenated alkanes) is 1. The smallest absolute Gasteiger partial charge is 0.325 e. The van der Waals surface area contributed by atoms with Crippen molar-refractivity contribution in [3.8, 4) is 5.75 Å². The molecule has 0 heterocycles. The standard InChI is InChI=1S/C24H29N3O6/c1-2-3-15-32-20-11-9-18(10-12-20)24(31)26-16-23(30)33-17-22(29)27(14-13-21(25)28)19-7-5-4-6-8-19/h4-12H,2-3,13-17H2,1H3,(H2,25,28)(H,26,31). The number of primary amides is 1. The number of esters is 1. The molecule has 2 rings (SSSR count). The van der Waals surface area contributed by atoms with Crippen LogP contribution in [-0.4, -0.2) is 50.0 Å². The number of anilines is 1. The van der Waals surface area contributed by atoms with Crippen LogP contribution in [0.2, 0.25) is 0 Å². The van der Waals surface area contributed by atoms with E-state index in [1.54, 1.807) is 54.6 Å². The van der Waals surface area contributed by atoms with Gasteiger partial charge in [-0.1, -0.05) is 31.5 Å². The first-order chi connectivity index (χ1) is 15.9. The van der Waals surface area contributed by atoms with Crippen molar-refractivity contribution in [2.75, 3.05) is 31.2 Å². The maximum atomic E-state index is 12.5. The maximum absolute atomic E-state index is 12.5. The molecule has 0 aliphatic carbocycles. The van der Waals surface area contributed by atoms with E-state index in [2.05, 4.69) is 12.2 Å². The minimum Gasteiger partial charge on any atom is -0.494 e. The van der Waals surface area contributed by atoms with Gasteiger partial charge in [-0.05, 0) is 42.8 Å². The third-order valence-corrected chi connectivity index (χ3v) is 4.58. The van der Waals surface area contributed by atoms with Gasteiger partial charge in [-0.2, -0.15) is 0 Å². The van der Waals surface area contributed by atoms with Gasteiger partial charge in [0.2, 0.25) is 5.91 Å². The van der Waals surface area contributed by atoms with Gasteiger partial charge in [-0.3, -0.25) is 19.2 Å². The van der Waals surface area contributed by atoms with E-state index in [1.807, 2.05) is 0 Å². The number of nitrogens with one attached hydrogen (secondary N) is 1. The molecule has 0 saturated carbocycles. The molecule has 0 unspecified atom stereocenters. The summed E-state index contributed by atoms with van der Waals surface area (Å²) in [4.78, 5) is 49.2. The first-order valence-corrected chi connectivity index (χ1v) is 10.7. The Labute approximate surface area is 192 Å². The second kappa shape index (κ2) is 13.5. The quantitative estimate of drug-likeness (QED) is 0.351. The second-order valence-electron chi connectivity index (χ2n) is 7.17. The fourth-order valence-corrected chi connectivity index (χ4v) is 2.79. The van der Waals surface area contributed by atoms with Crippen LogP contribution in [0.3, 0.4) is 0 Å². The summed E-state index contributed by atoms with van der Waals surface area (Å²) in [5.74, 6) is -1.62. The SMILES string of the molecule is CCCCOc1ccc(C(=O)NCC(=O)OCC(=O)N(CCC(N)=O)c2ccccc2)cc1. The Balaban J connectivity index is 1.81. The summed E-state index contributed by atoms with van der Waals surface area (Å²) in [5, 5.41) is 2.45. The van der Waals surface area contributed by atoms with Gasteiger partial charge in [0.15, 0.2) is 6.61 Å². The number of amides is 3. The molecule has 0 bridgehead atoms. The van der Waals surface area contributed by atoms with Crippen LogP contribution >= 0.6 is 0 Å². The summed E-state index contributed by atoms with van der Waals surface area (Å²) >= 11 is 0. The zero-order valence-corrected chi connectivity index (χ0v) is 18.6. The Hall–Kier alpha value is -3.88. The molecule has 9 nitrogen and oxygen atoms in total. The van der Waals surface area contributed by atoms with Crippen molar-refractivity contribution in [2.45, 2.75) is 26.2 Å². The van der Waals surface area contributed by atoms with E-state index >= 15 is 0 Å². The Kier molecular flexibility index (Phi) is 10.4. The molecule has 0 spiro atoms. The molecule has 0 atom stereocenters. The molecule has 0 aliphatic heterocycles. The Morgan fingerprint density at radius 3 is 2.33 bits per heavy atom. The zero-order chi connectivity index (χ0) is 24.1. The number of nitrogens with zero attached hydrogens (tertiary/aromatic N) is 1. The van der Waals surface area contributed by atoms with E-state index in [4.69, 9.17) is 15.2 Å². The van der Waals surface area contributed by atoms with Crippen molar-refractivity contribution in [2.24, 2.45) is 5.73 Å². The lowest BCUT2D eigenvalue weighted by atomic mass is 10.2. The molecule has 3 amide bonds. The molecule has 0 radical (unpaired) electrons. The molecule has 2 aromatic rings. The Bertz CT molecular complexity index is 931. The average Bonchev–Trinajstić information content (AvgIpc) is 2.82. The van der Waals surface area contributed by atoms with Gasteiger partial charge in [0, 0.05) is 24.2 Å². The molecule has 33 heavy (non-hydrogen) atoms. The number of rotatable bonds is 13. The molecular weight excluding hydrogens is 426 g/mol. The highest BCUT2D eigenvalue weighted by Crippen LogP contribution is 2.14. The largest absolute Gasteiger partial charge is 0.494 e. The van der Waals surface area contributed by atoms with Crippen molar-refractivity contribution in [3.05, 3.63) is 60.2 Å². The highest BCUT2D eigenvalue weighted by molar-refractivity contribution is 5.97. The Morgan fingerprint density at radius 2 is 1.70 bits per heavy atom. The van der Waals surface area contributed by atoms with Crippen LogP contribution in [0.1, 0.15) is 36.5 Å². The first kappa shape index (κ1) is 25.4. The normalized spacial score (nSPS) is 10.2. The van der Waals surface area contributed by atoms with E-state index in [1.165, 1.54) is 4.90 Å². The second-order valence-corrected chi connectivity index (χ2v) is 7.17. The lowest BCUT2D eigenvalue weighted by Crippen LogP contribution is -2.38. The molecule has 0 aliphatic rings. The molecule has 0 saturated heterocycles. The summed E-state index contributed by atoms with van der Waals surface area (Å²) in [6.45, 7) is 1.81. The number of ether oxygens (including phenoxy) is 2. The molecule has 3 N–H and O–H groups in total. The third-order valence-electron chi connectivity index (χ3n) is 4.58. The fourth-order valence-electron chi connectivity index (χ4n) is 2.79. The van der Waals surface area contributed by atoms with E-state index in [9.17, 15) is 19.2 Å². The summed E-state index contributed by atoms with van der Waals surface area (Å²) in [5.41, 5.74) is 6.10. The number of nitrogens with two attached hydrogens (primary N) is 1. The highest BCUT2D eigenvalue weighted by Gasteiger charge is 2.18. The van der Waals surface area contributed by atoms with Gasteiger partial charge in [-0.15, -0.1) is 0 Å². The molecule has 2 aromatic carbocycles. The summed E-state index contributed by atoms with van der Waals surface area (Å²) in [6, 6.07) is 15.2. The first-order valence-electron chi connectivity index (χ1n) is 10.7. The lowest BCUT2D eigenvalue weighted by Gasteiger charge is -2.22. The number of para-hydroxylation sites is 1. The van der Waals surface area contributed by atoms with Crippen LogP contribution in [0, 0.1) is 0 Å². The number of hydrogen-bond donors (Lipinski definition) is 2. The lowest BCUT2D eigenvalue weighted by molar-refractivity contribution is -0.146. The van der Waals surface area contributed by atoms with Crippen molar-refractivity contribution >= 4 is 29.4 Å². The number of carbonyl (C=O) groups excluding carboxylic acids is 4. The molecule has 0 aromatic heterocycles. The van der Waals surface area contributed by atoms with E-state index in [0.717, 1.165) is 12.8 Å². The van der Waals surface area contributed by atoms with E-state index in [0.29, 0.717) is 23.6 Å². The molecule has 9 heteroatoms. The zero-order valence-electron chi connectivity index (χ0n) is 18.6. The number of benzene rings is 2. The third kappa shape index (κ3) is 9.02. The van der Waals surface area contributed by atoms with Crippen LogP contribution in [0.4, 0.5) is 5.69 Å². The van der Waals surface area contributed by atoms with Crippen LogP contribution in [0.5, 0.6) is 5.75 Å². The van der Waals surface area contributed by atoms with Crippen LogP contribution in [-0.2, 0) is 19.1 Å². The fraction of sp³-hybridized carbons (Fsp3) is 0.333. The molecule has 0 fully saturated rings. The minimum absolute atomic E-state index is 0.0347. The van der Waals surface area contributed by atoms with Crippen molar-refractivity contribution in [1.29, 1.82) is 0 Å². The van der Waals surface area contributed by atoms with Gasteiger partial charge >= 0.3 is 5.97 Å². The van der Waals surface area contributed by atoms with Gasteiger partial charge in [-0.25, -0.2) is 0 Å². The predicted octanol–water partition coefficient (Wildman–Crippen LogP) is 2.05. The summed E-state index contributed by atoms with van der Waals surface area (Å²) in [6.07, 6.45) is 1.94. The molecule has 176 valence electrons. The van der Waals surface area contributed by atoms with Crippen LogP contribution < -0.4 is 20.7 Å². The highest BCUT2D eigenvalue weighted by atomic mass is 16.5. The van der Waals surface area contributed by atoms with Gasteiger partial charge in [0.25, 0.3) is 11.8 Å². The monoisotopic (exact) mass is 455 g/mol. The average molecular weight is 456 g/mol. The van der Waals surface area contributed by atoms with E-state index < -0.39 is 36.8 Å². The van der Waals surface area contributed by atoms with Gasteiger partial charge in [0.1, 0.15) is 12.3 Å². The van der Waals surface area contributed by atoms with E-state index in [-0.39, 0.29) is 13.0 Å². The summed E-state index contributed by atoms with van der Waals surface area (Å²) in [7, 11) is 0. The van der Waals surface area contributed by atoms with Crippen LogP contribution in [0.15, 0.2) is 54.6 Å². The van der Waals surface area contributed by atoms with Crippen LogP contribution in [0.25, 0.3) is 0 Å². The Morgan fingerprint density at radius 1 is 1.00 bits per heavy atom. The maximum Gasteiger partial charge on any atom is 0.325 e. The van der Waals surface area contributed by atoms with Crippen molar-refractivity contribution < 1.29 is 28.7 Å². The van der Waals surface area contributed by atoms with Crippen molar-refractivity contribution in [1.82, 2.24) is 5.32 Å². The number of carbonyl (C=O) groups is 4. The van der Waals surface area contributed by atoms with Gasteiger partial charge in [0.05, 0.1) is 6.61 Å². The minimum atomic E-state index is -0.765. The number of hydrogen-bond acceptors (Lipinski definition) is 6. The van der Waals surface area contributed by atoms with Gasteiger partial charge < -0.3 is 25.4 Å². The van der Waals surface area contributed by atoms with Crippen molar-refractivity contribution in [3.63, 3.8) is 0 Å². The topological polar surface area (TPSA) is 128 Å². The predicted molar refractivity (Wildman–Crippen MR) is 123 cm³/mol.